The Labute approximate surface area is 158 Å². The van der Waals surface area contributed by atoms with E-state index in [1.807, 2.05) is 49.4 Å². The Morgan fingerprint density at radius 3 is 2.56 bits per heavy atom. The molecular formula is C22H24N2O3. The molecule has 0 aliphatic carbocycles. The summed E-state index contributed by atoms with van der Waals surface area (Å²) in [6.07, 6.45) is 2.10. The molecule has 3 aromatic rings. The van der Waals surface area contributed by atoms with Gasteiger partial charge >= 0.3 is 0 Å². The monoisotopic (exact) mass is 364 g/mol. The van der Waals surface area contributed by atoms with Crippen molar-refractivity contribution in [1.82, 2.24) is 4.98 Å². The molecule has 27 heavy (non-hydrogen) atoms. The molecular weight excluding hydrogens is 340 g/mol. The molecule has 140 valence electrons. The van der Waals surface area contributed by atoms with Crippen LogP contribution >= 0.6 is 0 Å². The van der Waals surface area contributed by atoms with Crippen LogP contribution in [0.5, 0.6) is 5.75 Å². The topological polar surface area (TPSA) is 71.2 Å². The zero-order valence-corrected chi connectivity index (χ0v) is 15.7. The van der Waals surface area contributed by atoms with Crippen molar-refractivity contribution < 1.29 is 9.53 Å². The number of aryl methyl sites for hydroxylation is 1. The maximum atomic E-state index is 12.4. The van der Waals surface area contributed by atoms with Crippen LogP contribution in [0.2, 0.25) is 0 Å². The fourth-order valence-electron chi connectivity index (χ4n) is 3.15. The van der Waals surface area contributed by atoms with Crippen LogP contribution in [0.3, 0.4) is 0 Å². The molecule has 1 amide bonds. The second-order valence-corrected chi connectivity index (χ2v) is 6.47. The van der Waals surface area contributed by atoms with E-state index in [4.69, 9.17) is 4.74 Å². The number of anilines is 1. The van der Waals surface area contributed by atoms with E-state index < -0.39 is 0 Å². The van der Waals surface area contributed by atoms with E-state index in [9.17, 15) is 9.59 Å². The number of benzene rings is 2. The Hall–Kier alpha value is -3.08. The molecule has 0 radical (unpaired) electrons. The quantitative estimate of drug-likeness (QED) is 0.664. The van der Waals surface area contributed by atoms with E-state index in [2.05, 4.69) is 17.2 Å². The third-order valence-corrected chi connectivity index (χ3v) is 4.33. The minimum Gasteiger partial charge on any atom is -0.494 e. The van der Waals surface area contributed by atoms with Gasteiger partial charge in [-0.15, -0.1) is 0 Å². The van der Waals surface area contributed by atoms with Gasteiger partial charge in [0.05, 0.1) is 18.5 Å². The van der Waals surface area contributed by atoms with E-state index in [1.165, 1.54) is 0 Å². The second-order valence-electron chi connectivity index (χ2n) is 6.47. The van der Waals surface area contributed by atoms with Gasteiger partial charge in [0.15, 0.2) is 0 Å². The highest BCUT2D eigenvalue weighted by atomic mass is 16.5. The lowest BCUT2D eigenvalue weighted by molar-refractivity contribution is -0.115. The molecule has 1 aromatic heterocycles. The number of amides is 1. The maximum absolute atomic E-state index is 12.4. The van der Waals surface area contributed by atoms with Crippen molar-refractivity contribution in [3.63, 3.8) is 0 Å². The summed E-state index contributed by atoms with van der Waals surface area (Å²) in [5, 5.41) is 3.92. The van der Waals surface area contributed by atoms with Crippen molar-refractivity contribution in [2.75, 3.05) is 11.9 Å². The van der Waals surface area contributed by atoms with E-state index in [-0.39, 0.29) is 17.9 Å². The van der Waals surface area contributed by atoms with E-state index >= 15 is 0 Å². The number of aromatic amines is 1. The number of carbonyl (C=O) groups excluding carboxylic acids is 1. The summed E-state index contributed by atoms with van der Waals surface area (Å²) in [5.74, 6) is 0.689. The number of nitrogens with one attached hydrogen (secondary N) is 2. The highest BCUT2D eigenvalue weighted by Crippen LogP contribution is 2.21. The molecule has 0 saturated carbocycles. The second kappa shape index (κ2) is 8.54. The summed E-state index contributed by atoms with van der Waals surface area (Å²) in [6.45, 7) is 4.63. The van der Waals surface area contributed by atoms with Crippen LogP contribution in [0, 0.1) is 0 Å². The van der Waals surface area contributed by atoms with Crippen LogP contribution in [0.15, 0.2) is 53.3 Å². The smallest absolute Gasteiger partial charge is 0.248 e. The molecule has 1 heterocycles. The Morgan fingerprint density at radius 1 is 1.07 bits per heavy atom. The standard InChI is InChI=1S/C22H24N2O3/c1-3-5-16-13-22(26)24-20-14-17(8-11-19(16)20)23-21(25)12-15-6-9-18(10-7-15)27-4-2/h6-11,13-14H,3-5,12H2,1-2H3,(H,23,25)(H,24,26). The third kappa shape index (κ3) is 4.76. The van der Waals surface area contributed by atoms with Crippen molar-refractivity contribution in [1.29, 1.82) is 0 Å². The predicted octanol–water partition coefficient (Wildman–Crippen LogP) is 4.06. The summed E-state index contributed by atoms with van der Waals surface area (Å²) < 4.78 is 5.41. The first-order chi connectivity index (χ1) is 13.1. The van der Waals surface area contributed by atoms with Gasteiger partial charge in [-0.3, -0.25) is 9.59 Å². The van der Waals surface area contributed by atoms with Crippen molar-refractivity contribution in [3.05, 3.63) is 70.0 Å². The van der Waals surface area contributed by atoms with Crippen LogP contribution < -0.4 is 15.6 Å². The fourth-order valence-corrected chi connectivity index (χ4v) is 3.15. The zero-order valence-electron chi connectivity index (χ0n) is 15.7. The third-order valence-electron chi connectivity index (χ3n) is 4.33. The number of H-pyrrole nitrogens is 1. The molecule has 3 rings (SSSR count). The van der Waals surface area contributed by atoms with Gasteiger partial charge < -0.3 is 15.0 Å². The Kier molecular flexibility index (Phi) is 5.91. The van der Waals surface area contributed by atoms with Crippen molar-refractivity contribution in [2.24, 2.45) is 0 Å². The Bertz CT molecular complexity index is 991. The molecule has 0 aliphatic rings. The lowest BCUT2D eigenvalue weighted by Crippen LogP contribution is -2.14. The molecule has 0 saturated heterocycles. The van der Waals surface area contributed by atoms with E-state index in [0.29, 0.717) is 12.3 Å². The number of pyridine rings is 1. The summed E-state index contributed by atoms with van der Waals surface area (Å²) in [5.41, 5.74) is 3.23. The molecule has 0 spiro atoms. The lowest BCUT2D eigenvalue weighted by Gasteiger charge is -2.09. The Morgan fingerprint density at radius 2 is 1.85 bits per heavy atom. The zero-order chi connectivity index (χ0) is 19.2. The molecule has 2 N–H and O–H groups in total. The first-order valence-electron chi connectivity index (χ1n) is 9.26. The fraction of sp³-hybridized carbons (Fsp3) is 0.273. The average molecular weight is 364 g/mol. The lowest BCUT2D eigenvalue weighted by atomic mass is 10.0. The highest BCUT2D eigenvalue weighted by molar-refractivity contribution is 5.95. The maximum Gasteiger partial charge on any atom is 0.248 e. The Balaban J connectivity index is 1.73. The van der Waals surface area contributed by atoms with Gasteiger partial charge in [0.25, 0.3) is 0 Å². The summed E-state index contributed by atoms with van der Waals surface area (Å²) in [7, 11) is 0. The van der Waals surface area contributed by atoms with Crippen molar-refractivity contribution >= 4 is 22.5 Å². The molecule has 2 aromatic carbocycles. The van der Waals surface area contributed by atoms with Gasteiger partial charge in [-0.25, -0.2) is 0 Å². The van der Waals surface area contributed by atoms with Crippen LogP contribution in [-0.2, 0) is 17.6 Å². The number of hydrogen-bond acceptors (Lipinski definition) is 3. The van der Waals surface area contributed by atoms with Crippen molar-refractivity contribution in [3.8, 4) is 5.75 Å². The number of carbonyl (C=O) groups is 1. The SMILES string of the molecule is CCCc1cc(=O)[nH]c2cc(NC(=O)Cc3ccc(OCC)cc3)ccc12. The number of aromatic nitrogens is 1. The van der Waals surface area contributed by atoms with Gasteiger partial charge in [-0.05, 0) is 48.7 Å². The largest absolute Gasteiger partial charge is 0.494 e. The van der Waals surface area contributed by atoms with Crippen LogP contribution in [0.4, 0.5) is 5.69 Å². The summed E-state index contributed by atoms with van der Waals surface area (Å²) in [4.78, 5) is 27.1. The van der Waals surface area contributed by atoms with E-state index in [1.54, 1.807) is 6.07 Å². The number of ether oxygens (including phenoxy) is 1. The molecule has 5 heteroatoms. The number of rotatable bonds is 7. The molecule has 0 bridgehead atoms. The van der Waals surface area contributed by atoms with Gasteiger partial charge in [0.1, 0.15) is 5.75 Å². The minimum absolute atomic E-state index is 0.106. The van der Waals surface area contributed by atoms with Gasteiger partial charge in [-0.1, -0.05) is 31.5 Å². The first kappa shape index (κ1) is 18.7. The highest BCUT2D eigenvalue weighted by Gasteiger charge is 2.08. The molecule has 0 fully saturated rings. The molecule has 0 unspecified atom stereocenters. The van der Waals surface area contributed by atoms with Gasteiger partial charge in [0, 0.05) is 17.1 Å². The van der Waals surface area contributed by atoms with Crippen LogP contribution in [-0.4, -0.2) is 17.5 Å². The van der Waals surface area contributed by atoms with Gasteiger partial charge in [0.2, 0.25) is 11.5 Å². The van der Waals surface area contributed by atoms with Crippen LogP contribution in [0.25, 0.3) is 10.9 Å². The summed E-state index contributed by atoms with van der Waals surface area (Å²) >= 11 is 0. The number of hydrogen-bond donors (Lipinski definition) is 2. The summed E-state index contributed by atoms with van der Waals surface area (Å²) in [6, 6.07) is 14.8. The van der Waals surface area contributed by atoms with E-state index in [0.717, 1.165) is 40.6 Å². The molecule has 0 aliphatic heterocycles. The number of fused-ring (bicyclic) bond motifs is 1. The van der Waals surface area contributed by atoms with Gasteiger partial charge in [-0.2, -0.15) is 0 Å². The van der Waals surface area contributed by atoms with Crippen molar-refractivity contribution in [2.45, 2.75) is 33.1 Å². The normalized spacial score (nSPS) is 10.7. The predicted molar refractivity (Wildman–Crippen MR) is 109 cm³/mol. The van der Waals surface area contributed by atoms with Crippen LogP contribution in [0.1, 0.15) is 31.4 Å². The minimum atomic E-state index is -0.121. The first-order valence-corrected chi connectivity index (χ1v) is 9.26. The molecule has 0 atom stereocenters. The molecule has 5 nitrogen and oxygen atoms in total. The average Bonchev–Trinajstić information content (AvgIpc) is 2.63.